The van der Waals surface area contributed by atoms with Crippen molar-refractivity contribution in [2.45, 2.75) is 13.5 Å². The maximum Gasteiger partial charge on any atom is 0.210 e. The van der Waals surface area contributed by atoms with Crippen LogP contribution in [0.2, 0.25) is 0 Å². The average molecular weight is 365 g/mol. The van der Waals surface area contributed by atoms with Crippen LogP contribution in [0.4, 0.5) is 5.69 Å². The first-order valence-corrected chi connectivity index (χ1v) is 9.04. The van der Waals surface area contributed by atoms with Crippen LogP contribution in [0.3, 0.4) is 0 Å². The monoisotopic (exact) mass is 365 g/mol. The number of aliphatic imine (C=N–C) groups is 1. The van der Waals surface area contributed by atoms with Gasteiger partial charge in [-0.15, -0.1) is 11.3 Å². The van der Waals surface area contributed by atoms with Gasteiger partial charge in [0.25, 0.3) is 0 Å². The first-order valence-electron chi connectivity index (χ1n) is 7.82. The van der Waals surface area contributed by atoms with E-state index in [1.165, 1.54) is 11.3 Å². The normalized spacial score (nSPS) is 14.6. The van der Waals surface area contributed by atoms with E-state index in [0.717, 1.165) is 33.0 Å². The molecule has 1 aliphatic heterocycles. The predicted molar refractivity (Wildman–Crippen MR) is 105 cm³/mol. The molecule has 3 heterocycles. The Morgan fingerprint density at radius 3 is 2.88 bits per heavy atom. The number of allylic oxidation sites excluding steroid dienone is 1. The van der Waals surface area contributed by atoms with Crippen LogP contribution in [0, 0.1) is 3.95 Å². The second kappa shape index (κ2) is 6.38. The molecule has 6 heteroatoms. The fourth-order valence-electron chi connectivity index (χ4n) is 2.87. The Morgan fingerprint density at radius 2 is 2.08 bits per heavy atom. The highest BCUT2D eigenvalue weighted by atomic mass is 32.1. The highest BCUT2D eigenvalue weighted by Gasteiger charge is 2.19. The molecule has 1 N–H and O–H groups in total. The molecule has 2 aromatic heterocycles. The van der Waals surface area contributed by atoms with Crippen LogP contribution in [-0.2, 0) is 6.54 Å². The van der Waals surface area contributed by atoms with Crippen molar-refractivity contribution in [2.24, 2.45) is 4.99 Å². The number of aromatic hydroxyl groups is 1. The van der Waals surface area contributed by atoms with Gasteiger partial charge in [-0.3, -0.25) is 14.5 Å². The number of rotatable bonds is 3. The molecular formula is C19H15N3OS2. The fourth-order valence-corrected chi connectivity index (χ4v) is 4.12. The Labute approximate surface area is 154 Å². The maximum absolute atomic E-state index is 10.7. The Balaban J connectivity index is 1.75. The second-order valence-electron chi connectivity index (χ2n) is 5.78. The maximum atomic E-state index is 10.7. The van der Waals surface area contributed by atoms with Crippen molar-refractivity contribution >= 4 is 46.6 Å². The van der Waals surface area contributed by atoms with E-state index in [1.54, 1.807) is 17.0 Å². The van der Waals surface area contributed by atoms with Crippen molar-refractivity contribution < 1.29 is 5.11 Å². The lowest BCUT2D eigenvalue weighted by Crippen LogP contribution is -1.99. The number of benzene rings is 1. The molecule has 0 radical (unpaired) electrons. The van der Waals surface area contributed by atoms with Crippen molar-refractivity contribution in [1.29, 1.82) is 0 Å². The highest BCUT2D eigenvalue weighted by molar-refractivity contribution is 7.73. The molecule has 0 spiro atoms. The minimum Gasteiger partial charge on any atom is -0.493 e. The van der Waals surface area contributed by atoms with Crippen molar-refractivity contribution in [3.05, 3.63) is 68.8 Å². The quantitative estimate of drug-likeness (QED) is 0.659. The molecule has 124 valence electrons. The molecule has 3 aromatic rings. The van der Waals surface area contributed by atoms with Crippen LogP contribution < -0.4 is 0 Å². The summed E-state index contributed by atoms with van der Waals surface area (Å²) in [6.45, 7) is 2.48. The van der Waals surface area contributed by atoms with Gasteiger partial charge in [-0.1, -0.05) is 24.3 Å². The summed E-state index contributed by atoms with van der Waals surface area (Å²) in [5, 5.41) is 10.7. The SMILES string of the molecule is CC1=Nc2ccccc2/C1=C/c1sc(=S)n(Cc2cccnc2)c1O. The minimum absolute atomic E-state index is 0.184. The van der Waals surface area contributed by atoms with E-state index >= 15 is 0 Å². The van der Waals surface area contributed by atoms with E-state index in [9.17, 15) is 5.11 Å². The third-order valence-electron chi connectivity index (χ3n) is 4.10. The zero-order valence-electron chi connectivity index (χ0n) is 13.5. The Kier molecular flexibility index (Phi) is 4.07. The van der Waals surface area contributed by atoms with Gasteiger partial charge in [0.2, 0.25) is 5.88 Å². The molecule has 1 aromatic carbocycles. The minimum atomic E-state index is 0.184. The molecule has 1 aliphatic rings. The average Bonchev–Trinajstić information content (AvgIpc) is 3.07. The summed E-state index contributed by atoms with van der Waals surface area (Å²) < 4.78 is 2.37. The molecule has 0 saturated carbocycles. The lowest BCUT2D eigenvalue weighted by Gasteiger charge is -2.05. The summed E-state index contributed by atoms with van der Waals surface area (Å²) in [6, 6.07) is 11.9. The van der Waals surface area contributed by atoms with Crippen LogP contribution in [0.1, 0.15) is 22.9 Å². The number of fused-ring (bicyclic) bond motifs is 1. The summed E-state index contributed by atoms with van der Waals surface area (Å²) in [6.07, 6.45) is 5.48. The number of pyridine rings is 1. The van der Waals surface area contributed by atoms with Crippen LogP contribution in [0.15, 0.2) is 53.8 Å². The van der Waals surface area contributed by atoms with E-state index in [1.807, 2.05) is 49.4 Å². The van der Waals surface area contributed by atoms with Gasteiger partial charge in [-0.05, 0) is 42.9 Å². The number of nitrogens with zero attached hydrogens (tertiary/aromatic N) is 3. The van der Waals surface area contributed by atoms with Gasteiger partial charge in [0, 0.05) is 29.2 Å². The molecule has 4 nitrogen and oxygen atoms in total. The number of thiazole rings is 1. The molecule has 4 rings (SSSR count). The van der Waals surface area contributed by atoms with Crippen LogP contribution in [0.5, 0.6) is 5.88 Å². The van der Waals surface area contributed by atoms with Gasteiger partial charge in [0.15, 0.2) is 3.95 Å². The van der Waals surface area contributed by atoms with E-state index in [2.05, 4.69) is 9.98 Å². The van der Waals surface area contributed by atoms with Gasteiger partial charge in [0.1, 0.15) is 0 Å². The third kappa shape index (κ3) is 2.94. The van der Waals surface area contributed by atoms with Crippen LogP contribution in [-0.4, -0.2) is 20.4 Å². The van der Waals surface area contributed by atoms with Crippen LogP contribution >= 0.6 is 23.6 Å². The molecule has 0 unspecified atom stereocenters. The smallest absolute Gasteiger partial charge is 0.210 e. The van der Waals surface area contributed by atoms with Crippen molar-refractivity contribution in [1.82, 2.24) is 9.55 Å². The number of aromatic nitrogens is 2. The first-order chi connectivity index (χ1) is 12.1. The van der Waals surface area contributed by atoms with E-state index in [0.29, 0.717) is 10.5 Å². The number of hydrogen-bond acceptors (Lipinski definition) is 5. The van der Waals surface area contributed by atoms with E-state index < -0.39 is 0 Å². The van der Waals surface area contributed by atoms with Gasteiger partial charge in [-0.25, -0.2) is 0 Å². The second-order valence-corrected chi connectivity index (χ2v) is 7.45. The van der Waals surface area contributed by atoms with Crippen molar-refractivity contribution in [2.75, 3.05) is 0 Å². The largest absolute Gasteiger partial charge is 0.493 e. The van der Waals surface area contributed by atoms with Crippen LogP contribution in [0.25, 0.3) is 11.6 Å². The van der Waals surface area contributed by atoms with Gasteiger partial charge in [0.05, 0.1) is 17.1 Å². The number of hydrogen-bond donors (Lipinski definition) is 1. The zero-order chi connectivity index (χ0) is 17.4. The van der Waals surface area contributed by atoms with E-state index in [-0.39, 0.29) is 5.88 Å². The summed E-state index contributed by atoms with van der Waals surface area (Å²) in [7, 11) is 0. The van der Waals surface area contributed by atoms with Gasteiger partial charge >= 0.3 is 0 Å². The topological polar surface area (TPSA) is 50.4 Å². The summed E-state index contributed by atoms with van der Waals surface area (Å²) in [4.78, 5) is 9.44. The lowest BCUT2D eigenvalue weighted by atomic mass is 10.0. The summed E-state index contributed by atoms with van der Waals surface area (Å²) >= 11 is 6.85. The first kappa shape index (κ1) is 15.9. The molecule has 0 saturated heterocycles. The molecule has 0 atom stereocenters. The molecule has 25 heavy (non-hydrogen) atoms. The molecule has 0 aliphatic carbocycles. The summed E-state index contributed by atoms with van der Waals surface area (Å²) in [5.74, 6) is 0.184. The van der Waals surface area contributed by atoms with Gasteiger partial charge in [-0.2, -0.15) is 0 Å². The third-order valence-corrected chi connectivity index (χ3v) is 5.49. The molecule has 0 bridgehead atoms. The molecule has 0 fully saturated rings. The standard InChI is InChI=1S/C19H15N3OS2/c1-12-15(14-6-2-3-7-16(14)21-12)9-17-18(23)22(19(24)25-17)11-13-5-4-8-20-10-13/h2-10,23H,11H2,1H3/b15-9+. The number of para-hydroxylation sites is 1. The van der Waals surface area contributed by atoms with Gasteiger partial charge < -0.3 is 5.11 Å². The lowest BCUT2D eigenvalue weighted by molar-refractivity contribution is 0.422. The highest BCUT2D eigenvalue weighted by Crippen LogP contribution is 2.38. The van der Waals surface area contributed by atoms with Crippen molar-refractivity contribution in [3.8, 4) is 5.88 Å². The fraction of sp³-hybridized carbons (Fsp3) is 0.105. The van der Waals surface area contributed by atoms with Crippen molar-refractivity contribution in [3.63, 3.8) is 0 Å². The summed E-state index contributed by atoms with van der Waals surface area (Å²) in [5.41, 5.74) is 5.01. The van der Waals surface area contributed by atoms with E-state index in [4.69, 9.17) is 12.2 Å². The molecular weight excluding hydrogens is 350 g/mol. The Bertz CT molecular complexity index is 1060. The molecule has 0 amide bonds. The Morgan fingerprint density at radius 1 is 1.24 bits per heavy atom. The zero-order valence-corrected chi connectivity index (χ0v) is 15.1. The Hall–Kier alpha value is -2.57. The predicted octanol–water partition coefficient (Wildman–Crippen LogP) is 5.07.